The maximum Gasteiger partial charge on any atom is 0.222 e. The molecule has 2 N–H and O–H groups in total. The summed E-state index contributed by atoms with van der Waals surface area (Å²) >= 11 is 7.92. The van der Waals surface area contributed by atoms with Gasteiger partial charge in [0.05, 0.1) is 5.69 Å². The number of carbonyl (C=O) groups excluding carboxylic acids is 1. The molecule has 1 aromatic rings. The van der Waals surface area contributed by atoms with Crippen LogP contribution in [0.15, 0.2) is 22.7 Å². The van der Waals surface area contributed by atoms with E-state index < -0.39 is 5.82 Å². The van der Waals surface area contributed by atoms with E-state index in [1.807, 2.05) is 0 Å². The van der Waals surface area contributed by atoms with Gasteiger partial charge in [0.1, 0.15) is 5.82 Å². The maximum atomic E-state index is 13.3. The highest BCUT2D eigenvalue weighted by atomic mass is 79.9. The number of hydrogen-bond donors (Lipinski definition) is 2. The molecule has 0 aromatic heterocycles. The number of hydrogen-bond acceptors (Lipinski definition) is 2. The summed E-state index contributed by atoms with van der Waals surface area (Å²) in [6.45, 7) is 1.33. The average Bonchev–Trinajstić information content (AvgIpc) is 2.08. The molecule has 0 saturated heterocycles. The van der Waals surface area contributed by atoms with Gasteiger partial charge in [0, 0.05) is 11.4 Å². The monoisotopic (exact) mass is 290 g/mol. The molecule has 1 rings (SSSR count). The Morgan fingerprint density at radius 2 is 2.20 bits per heavy atom. The van der Waals surface area contributed by atoms with Gasteiger partial charge in [0.25, 0.3) is 0 Å². The van der Waals surface area contributed by atoms with E-state index in [9.17, 15) is 9.18 Å². The van der Waals surface area contributed by atoms with Crippen LogP contribution >= 0.6 is 28.1 Å². The largest absolute Gasteiger partial charge is 0.330 e. The Bertz CT molecular complexity index is 411. The fraction of sp³-hybridized carbons (Fsp3) is 0.111. The molecular weight excluding hydrogens is 283 g/mol. The SMILES string of the molecule is CC(=O)NC(=S)Nc1ccc(Br)cc1F. The molecule has 80 valence electrons. The Morgan fingerprint density at radius 1 is 1.53 bits per heavy atom. The number of amides is 1. The molecule has 0 radical (unpaired) electrons. The van der Waals surface area contributed by atoms with Crippen molar-refractivity contribution in [1.82, 2.24) is 5.32 Å². The zero-order valence-corrected chi connectivity index (χ0v) is 10.2. The molecule has 0 bridgehead atoms. The van der Waals surface area contributed by atoms with Crippen LogP contribution in [0.3, 0.4) is 0 Å². The van der Waals surface area contributed by atoms with Crippen LogP contribution in [0, 0.1) is 5.82 Å². The van der Waals surface area contributed by atoms with Crippen molar-refractivity contribution in [2.75, 3.05) is 5.32 Å². The van der Waals surface area contributed by atoms with Crippen molar-refractivity contribution >= 4 is 44.9 Å². The van der Waals surface area contributed by atoms with Gasteiger partial charge in [-0.1, -0.05) is 15.9 Å². The van der Waals surface area contributed by atoms with Gasteiger partial charge in [-0.2, -0.15) is 0 Å². The highest BCUT2D eigenvalue weighted by Gasteiger charge is 2.05. The van der Waals surface area contributed by atoms with Gasteiger partial charge in [-0.3, -0.25) is 4.79 Å². The molecule has 0 aliphatic carbocycles. The molecule has 0 aliphatic rings. The van der Waals surface area contributed by atoms with Gasteiger partial charge in [-0.25, -0.2) is 4.39 Å². The lowest BCUT2D eigenvalue weighted by atomic mass is 10.3. The van der Waals surface area contributed by atoms with Crippen LogP contribution in [0.5, 0.6) is 0 Å². The van der Waals surface area contributed by atoms with E-state index in [4.69, 9.17) is 12.2 Å². The lowest BCUT2D eigenvalue weighted by molar-refractivity contribution is -0.117. The Morgan fingerprint density at radius 3 is 2.73 bits per heavy atom. The summed E-state index contributed by atoms with van der Waals surface area (Å²) in [7, 11) is 0. The Hall–Kier alpha value is -1.01. The molecular formula is C9H8BrFN2OS. The molecule has 0 aliphatic heterocycles. The van der Waals surface area contributed by atoms with Crippen molar-refractivity contribution < 1.29 is 9.18 Å². The molecule has 1 aromatic carbocycles. The molecule has 6 heteroatoms. The average molecular weight is 291 g/mol. The minimum absolute atomic E-state index is 0.0729. The van der Waals surface area contributed by atoms with Crippen molar-refractivity contribution in [1.29, 1.82) is 0 Å². The molecule has 0 heterocycles. The van der Waals surface area contributed by atoms with E-state index in [0.29, 0.717) is 4.47 Å². The number of carbonyl (C=O) groups is 1. The van der Waals surface area contributed by atoms with E-state index in [-0.39, 0.29) is 16.7 Å². The highest BCUT2D eigenvalue weighted by Crippen LogP contribution is 2.19. The quantitative estimate of drug-likeness (QED) is 0.781. The summed E-state index contributed by atoms with van der Waals surface area (Å²) in [5.41, 5.74) is 0.219. The summed E-state index contributed by atoms with van der Waals surface area (Å²) in [6.07, 6.45) is 0. The second kappa shape index (κ2) is 5.18. The Kier molecular flexibility index (Phi) is 4.16. The van der Waals surface area contributed by atoms with E-state index in [2.05, 4.69) is 26.6 Å². The van der Waals surface area contributed by atoms with Gasteiger partial charge < -0.3 is 10.6 Å². The summed E-state index contributed by atoms with van der Waals surface area (Å²) in [6, 6.07) is 4.49. The van der Waals surface area contributed by atoms with Crippen LogP contribution in [-0.4, -0.2) is 11.0 Å². The lowest BCUT2D eigenvalue weighted by Crippen LogP contribution is -2.32. The van der Waals surface area contributed by atoms with Gasteiger partial charge in [0.2, 0.25) is 5.91 Å². The Balaban J connectivity index is 2.72. The fourth-order valence-electron chi connectivity index (χ4n) is 0.904. The first-order valence-electron chi connectivity index (χ1n) is 4.02. The summed E-state index contributed by atoms with van der Waals surface area (Å²) < 4.78 is 13.9. The molecule has 1 amide bonds. The molecule has 3 nitrogen and oxygen atoms in total. The predicted molar refractivity (Wildman–Crippen MR) is 64.1 cm³/mol. The topological polar surface area (TPSA) is 41.1 Å². The fourth-order valence-corrected chi connectivity index (χ4v) is 1.49. The molecule has 0 saturated carbocycles. The highest BCUT2D eigenvalue weighted by molar-refractivity contribution is 9.10. The molecule has 0 spiro atoms. The zero-order chi connectivity index (χ0) is 11.4. The van der Waals surface area contributed by atoms with Crippen molar-refractivity contribution in [3.63, 3.8) is 0 Å². The molecule has 0 fully saturated rings. The second-order valence-electron chi connectivity index (χ2n) is 2.76. The van der Waals surface area contributed by atoms with Crippen LogP contribution in [-0.2, 0) is 4.79 Å². The van der Waals surface area contributed by atoms with Crippen molar-refractivity contribution in [3.05, 3.63) is 28.5 Å². The normalized spacial score (nSPS) is 9.53. The third-order valence-corrected chi connectivity index (χ3v) is 2.17. The third-order valence-electron chi connectivity index (χ3n) is 1.47. The van der Waals surface area contributed by atoms with Crippen LogP contribution < -0.4 is 10.6 Å². The van der Waals surface area contributed by atoms with E-state index >= 15 is 0 Å². The molecule has 0 atom stereocenters. The summed E-state index contributed by atoms with van der Waals surface area (Å²) in [5.74, 6) is -0.748. The second-order valence-corrected chi connectivity index (χ2v) is 4.08. The predicted octanol–water partition coefficient (Wildman–Crippen LogP) is 2.42. The van der Waals surface area contributed by atoms with Crippen molar-refractivity contribution in [3.8, 4) is 0 Å². The van der Waals surface area contributed by atoms with Crippen molar-refractivity contribution in [2.24, 2.45) is 0 Å². The number of rotatable bonds is 1. The minimum atomic E-state index is -0.447. The smallest absolute Gasteiger partial charge is 0.222 e. The van der Waals surface area contributed by atoms with Crippen molar-refractivity contribution in [2.45, 2.75) is 6.92 Å². The van der Waals surface area contributed by atoms with E-state index in [1.54, 1.807) is 6.07 Å². The lowest BCUT2D eigenvalue weighted by Gasteiger charge is -2.08. The van der Waals surface area contributed by atoms with Crippen LogP contribution in [0.4, 0.5) is 10.1 Å². The van der Waals surface area contributed by atoms with Gasteiger partial charge in [-0.05, 0) is 30.4 Å². The molecule has 15 heavy (non-hydrogen) atoms. The van der Waals surface area contributed by atoms with Gasteiger partial charge >= 0.3 is 0 Å². The van der Waals surface area contributed by atoms with E-state index in [0.717, 1.165) is 0 Å². The van der Waals surface area contributed by atoms with E-state index in [1.165, 1.54) is 19.1 Å². The Labute approximate surface area is 100 Å². The summed E-state index contributed by atoms with van der Waals surface area (Å²) in [4.78, 5) is 10.6. The molecule has 0 unspecified atom stereocenters. The third kappa shape index (κ3) is 3.93. The van der Waals surface area contributed by atoms with Gasteiger partial charge in [-0.15, -0.1) is 0 Å². The maximum absolute atomic E-state index is 13.3. The number of benzene rings is 1. The number of nitrogens with one attached hydrogen (secondary N) is 2. The summed E-state index contributed by atoms with van der Waals surface area (Å²) in [5, 5.41) is 4.98. The zero-order valence-electron chi connectivity index (χ0n) is 7.80. The van der Waals surface area contributed by atoms with Gasteiger partial charge in [0.15, 0.2) is 5.11 Å². The first kappa shape index (κ1) is 12.1. The number of halogens is 2. The number of anilines is 1. The first-order valence-corrected chi connectivity index (χ1v) is 5.23. The first-order chi connectivity index (χ1) is 6.99. The van der Waals surface area contributed by atoms with Crippen LogP contribution in [0.1, 0.15) is 6.92 Å². The standard InChI is InChI=1S/C9H8BrFN2OS/c1-5(14)12-9(15)13-8-3-2-6(10)4-7(8)11/h2-4H,1H3,(H2,12,13,14,15). The minimum Gasteiger partial charge on any atom is -0.330 e. The van der Waals surface area contributed by atoms with Crippen LogP contribution in [0.25, 0.3) is 0 Å². The van der Waals surface area contributed by atoms with Crippen LogP contribution in [0.2, 0.25) is 0 Å². The number of thiocarbonyl (C=S) groups is 1.